The number of sulfonamides is 1. The zero-order valence-electron chi connectivity index (χ0n) is 18.8. The molecule has 0 saturated heterocycles. The summed E-state index contributed by atoms with van der Waals surface area (Å²) in [6.45, 7) is 1.44. The number of halogens is 2. The van der Waals surface area contributed by atoms with Crippen LogP contribution >= 0.6 is 23.2 Å². The highest BCUT2D eigenvalue weighted by Gasteiger charge is 2.29. The van der Waals surface area contributed by atoms with Gasteiger partial charge >= 0.3 is 5.97 Å². The molecule has 1 N–H and O–H groups in total. The predicted octanol–water partition coefficient (Wildman–Crippen LogP) is 5.01. The Balaban J connectivity index is 2.00. The second-order valence-corrected chi connectivity index (χ2v) is 9.81. The molecular formula is C24H22Cl2N2O6S. The van der Waals surface area contributed by atoms with Crippen molar-refractivity contribution in [2.24, 2.45) is 0 Å². The molecule has 184 valence electrons. The molecule has 0 atom stereocenters. The number of amides is 1. The first-order chi connectivity index (χ1) is 16.7. The number of para-hydroxylation sites is 2. The van der Waals surface area contributed by atoms with Crippen LogP contribution in [-0.2, 0) is 19.6 Å². The van der Waals surface area contributed by atoms with Gasteiger partial charge in [-0.15, -0.1) is 0 Å². The molecule has 0 aliphatic rings. The minimum absolute atomic E-state index is 0.0632. The normalized spacial score (nSPS) is 11.0. The molecule has 3 aromatic carbocycles. The summed E-state index contributed by atoms with van der Waals surface area (Å²) in [5.74, 6) is -1.03. The van der Waals surface area contributed by atoms with Crippen LogP contribution in [0.1, 0.15) is 17.3 Å². The van der Waals surface area contributed by atoms with Crippen molar-refractivity contribution in [3.05, 3.63) is 82.3 Å². The number of benzene rings is 3. The number of nitrogens with zero attached hydrogens (tertiary/aromatic N) is 1. The van der Waals surface area contributed by atoms with E-state index < -0.39 is 28.4 Å². The highest BCUT2D eigenvalue weighted by atomic mass is 35.5. The lowest BCUT2D eigenvalue weighted by Crippen LogP contribution is -2.38. The molecule has 3 aromatic rings. The number of nitrogens with one attached hydrogen (secondary N) is 1. The number of hydrogen-bond donors (Lipinski definition) is 1. The fourth-order valence-electron chi connectivity index (χ4n) is 3.16. The van der Waals surface area contributed by atoms with E-state index in [-0.39, 0.29) is 39.2 Å². The molecule has 35 heavy (non-hydrogen) atoms. The SMILES string of the molecule is CCOc1ccccc1N(CC(=O)Nc1cc(C(=O)OC)ccc1Cl)S(=O)(=O)c1ccc(Cl)cc1. The minimum Gasteiger partial charge on any atom is -0.492 e. The van der Waals surface area contributed by atoms with Crippen molar-refractivity contribution in [1.82, 2.24) is 0 Å². The van der Waals surface area contributed by atoms with E-state index in [9.17, 15) is 18.0 Å². The van der Waals surface area contributed by atoms with E-state index in [0.717, 1.165) is 4.31 Å². The first kappa shape index (κ1) is 26.3. The summed E-state index contributed by atoms with van der Waals surface area (Å²) in [5.41, 5.74) is 0.467. The van der Waals surface area contributed by atoms with Crippen LogP contribution in [0.5, 0.6) is 5.75 Å². The Hall–Kier alpha value is -3.27. The third-order valence-corrected chi connectivity index (χ3v) is 7.14. The van der Waals surface area contributed by atoms with Gasteiger partial charge in [-0.1, -0.05) is 35.3 Å². The Morgan fingerprint density at radius 1 is 1.00 bits per heavy atom. The number of rotatable bonds is 9. The van der Waals surface area contributed by atoms with Gasteiger partial charge in [0.2, 0.25) is 5.91 Å². The number of hydrogen-bond acceptors (Lipinski definition) is 6. The van der Waals surface area contributed by atoms with Crippen molar-refractivity contribution in [1.29, 1.82) is 0 Å². The number of carbonyl (C=O) groups is 2. The van der Waals surface area contributed by atoms with Crippen LogP contribution in [0.15, 0.2) is 71.6 Å². The topological polar surface area (TPSA) is 102 Å². The monoisotopic (exact) mass is 536 g/mol. The largest absolute Gasteiger partial charge is 0.492 e. The highest BCUT2D eigenvalue weighted by Crippen LogP contribution is 2.33. The third kappa shape index (κ3) is 6.25. The van der Waals surface area contributed by atoms with Gasteiger partial charge in [-0.05, 0) is 61.5 Å². The number of methoxy groups -OCH3 is 1. The summed E-state index contributed by atoms with van der Waals surface area (Å²) in [6.07, 6.45) is 0. The van der Waals surface area contributed by atoms with Crippen LogP contribution in [0.3, 0.4) is 0 Å². The minimum atomic E-state index is -4.21. The van der Waals surface area contributed by atoms with Gasteiger partial charge in [0, 0.05) is 5.02 Å². The lowest BCUT2D eigenvalue weighted by atomic mass is 10.2. The molecule has 0 radical (unpaired) electrons. The van der Waals surface area contributed by atoms with E-state index >= 15 is 0 Å². The zero-order chi connectivity index (χ0) is 25.6. The fraction of sp³-hybridized carbons (Fsp3) is 0.167. The standard InChI is InChI=1S/C24H22Cl2N2O6S/c1-3-34-22-7-5-4-6-21(22)28(35(31,32)18-11-9-17(25)10-12-18)15-23(29)27-20-14-16(24(30)33-2)8-13-19(20)26/h4-14H,3,15H2,1-2H3,(H,27,29). The van der Waals surface area contributed by atoms with E-state index in [2.05, 4.69) is 5.32 Å². The molecular weight excluding hydrogens is 515 g/mol. The summed E-state index contributed by atoms with van der Waals surface area (Å²) < 4.78 is 38.4. The van der Waals surface area contributed by atoms with Gasteiger partial charge in [-0.25, -0.2) is 13.2 Å². The summed E-state index contributed by atoms with van der Waals surface area (Å²) >= 11 is 12.1. The van der Waals surface area contributed by atoms with E-state index in [1.807, 2.05) is 0 Å². The van der Waals surface area contributed by atoms with Crippen LogP contribution in [0.25, 0.3) is 0 Å². The van der Waals surface area contributed by atoms with E-state index in [1.54, 1.807) is 25.1 Å². The van der Waals surface area contributed by atoms with Crippen LogP contribution in [0, 0.1) is 0 Å². The molecule has 1 amide bonds. The van der Waals surface area contributed by atoms with Gasteiger partial charge in [0.25, 0.3) is 10.0 Å². The lowest BCUT2D eigenvalue weighted by Gasteiger charge is -2.26. The van der Waals surface area contributed by atoms with Gasteiger partial charge in [0.1, 0.15) is 12.3 Å². The Morgan fingerprint density at radius 2 is 1.69 bits per heavy atom. The molecule has 11 heteroatoms. The maximum Gasteiger partial charge on any atom is 0.337 e. The maximum absolute atomic E-state index is 13.6. The molecule has 0 fully saturated rings. The summed E-state index contributed by atoms with van der Waals surface area (Å²) in [5, 5.41) is 3.09. The molecule has 0 spiro atoms. The Morgan fingerprint density at radius 3 is 2.34 bits per heavy atom. The summed E-state index contributed by atoms with van der Waals surface area (Å²) in [7, 11) is -2.98. The van der Waals surface area contributed by atoms with Crippen molar-refractivity contribution < 1.29 is 27.5 Å². The molecule has 0 heterocycles. The second-order valence-electron chi connectivity index (χ2n) is 7.10. The Labute approximate surface area is 213 Å². The first-order valence-electron chi connectivity index (χ1n) is 10.3. The van der Waals surface area contributed by atoms with Crippen molar-refractivity contribution >= 4 is 56.5 Å². The van der Waals surface area contributed by atoms with Crippen molar-refractivity contribution in [3.8, 4) is 5.75 Å². The average Bonchev–Trinajstić information content (AvgIpc) is 2.84. The fourth-order valence-corrected chi connectivity index (χ4v) is 4.88. The van der Waals surface area contributed by atoms with Crippen LogP contribution < -0.4 is 14.4 Å². The zero-order valence-corrected chi connectivity index (χ0v) is 21.2. The van der Waals surface area contributed by atoms with Crippen LogP contribution in [0.2, 0.25) is 10.0 Å². The maximum atomic E-state index is 13.6. The second kappa shape index (κ2) is 11.4. The molecule has 0 aliphatic heterocycles. The predicted molar refractivity (Wildman–Crippen MR) is 135 cm³/mol. The molecule has 0 aliphatic carbocycles. The number of esters is 1. The highest BCUT2D eigenvalue weighted by molar-refractivity contribution is 7.92. The lowest BCUT2D eigenvalue weighted by molar-refractivity contribution is -0.114. The van der Waals surface area contributed by atoms with E-state index in [1.165, 1.54) is 55.6 Å². The summed E-state index contributed by atoms with van der Waals surface area (Å²) in [6, 6.07) is 16.3. The van der Waals surface area contributed by atoms with Crippen molar-refractivity contribution in [2.45, 2.75) is 11.8 Å². The van der Waals surface area contributed by atoms with Crippen molar-refractivity contribution in [2.75, 3.05) is 29.9 Å². The van der Waals surface area contributed by atoms with Crippen LogP contribution in [-0.4, -0.2) is 40.6 Å². The molecule has 0 aromatic heterocycles. The van der Waals surface area contributed by atoms with Crippen molar-refractivity contribution in [3.63, 3.8) is 0 Å². The molecule has 0 unspecified atom stereocenters. The molecule has 8 nitrogen and oxygen atoms in total. The van der Waals surface area contributed by atoms with Gasteiger partial charge in [0.05, 0.1) is 40.6 Å². The Kier molecular flexibility index (Phi) is 8.61. The smallest absolute Gasteiger partial charge is 0.337 e. The van der Waals surface area contributed by atoms with Gasteiger partial charge in [0.15, 0.2) is 0 Å². The molecule has 0 bridgehead atoms. The van der Waals surface area contributed by atoms with Gasteiger partial charge in [-0.2, -0.15) is 0 Å². The first-order valence-corrected chi connectivity index (χ1v) is 12.5. The van der Waals surface area contributed by atoms with Crippen LogP contribution in [0.4, 0.5) is 11.4 Å². The number of ether oxygens (including phenoxy) is 2. The third-order valence-electron chi connectivity index (χ3n) is 4.78. The number of carbonyl (C=O) groups excluding carboxylic acids is 2. The quantitative estimate of drug-likeness (QED) is 0.385. The van der Waals surface area contributed by atoms with Gasteiger partial charge in [-0.3, -0.25) is 9.10 Å². The summed E-state index contributed by atoms with van der Waals surface area (Å²) in [4.78, 5) is 24.8. The average molecular weight is 537 g/mol. The van der Waals surface area contributed by atoms with E-state index in [4.69, 9.17) is 32.7 Å². The molecule has 3 rings (SSSR count). The van der Waals surface area contributed by atoms with E-state index in [0.29, 0.717) is 5.02 Å². The molecule has 0 saturated carbocycles. The number of anilines is 2. The van der Waals surface area contributed by atoms with Gasteiger partial charge < -0.3 is 14.8 Å². The Bertz CT molecular complexity index is 1330.